The monoisotopic (exact) mass is 224 g/mol. The van der Waals surface area contributed by atoms with E-state index in [0.717, 1.165) is 5.06 Å². The van der Waals surface area contributed by atoms with Crippen molar-refractivity contribution in [3.8, 4) is 0 Å². The Morgan fingerprint density at radius 3 is 2.56 bits per heavy atom. The Morgan fingerprint density at radius 2 is 2.00 bits per heavy atom. The van der Waals surface area contributed by atoms with Gasteiger partial charge in [0.15, 0.2) is 0 Å². The molecule has 6 nitrogen and oxygen atoms in total. The number of carbonyl (C=O) groups excluding carboxylic acids is 1. The van der Waals surface area contributed by atoms with Gasteiger partial charge in [0.05, 0.1) is 18.4 Å². The molecule has 0 saturated heterocycles. The molecule has 86 valence electrons. The molecular weight excluding hydrogens is 212 g/mol. The summed E-state index contributed by atoms with van der Waals surface area (Å²) >= 11 is 0. The Balaban J connectivity index is 3.03. The lowest BCUT2D eigenvalue weighted by Gasteiger charge is -2.15. The standard InChI is InChI=1S/C10H12N2O4/c1-12(16-2)9(13)7-5-3-4-6-8(7)11-10(14)15/h3-6,11H,1-2H3,(H,14,15). The van der Waals surface area contributed by atoms with Gasteiger partial charge in [-0.05, 0) is 12.1 Å². The van der Waals surface area contributed by atoms with Crippen LogP contribution in [-0.2, 0) is 4.84 Å². The number of carboxylic acid groups (broad SMARTS) is 1. The van der Waals surface area contributed by atoms with Gasteiger partial charge < -0.3 is 5.11 Å². The fourth-order valence-electron chi connectivity index (χ4n) is 1.15. The maximum Gasteiger partial charge on any atom is 0.409 e. The van der Waals surface area contributed by atoms with Gasteiger partial charge in [-0.2, -0.15) is 0 Å². The van der Waals surface area contributed by atoms with Gasteiger partial charge in [0.25, 0.3) is 5.91 Å². The van der Waals surface area contributed by atoms with Crippen LogP contribution in [0.15, 0.2) is 24.3 Å². The molecule has 0 aliphatic rings. The van der Waals surface area contributed by atoms with E-state index in [2.05, 4.69) is 5.32 Å². The fraction of sp³-hybridized carbons (Fsp3) is 0.200. The average Bonchev–Trinajstić information content (AvgIpc) is 2.27. The second-order valence-corrected chi connectivity index (χ2v) is 2.96. The zero-order valence-corrected chi connectivity index (χ0v) is 8.93. The van der Waals surface area contributed by atoms with E-state index in [0.29, 0.717) is 0 Å². The molecule has 0 unspecified atom stereocenters. The van der Waals surface area contributed by atoms with Gasteiger partial charge in [-0.15, -0.1) is 0 Å². The number of nitrogens with one attached hydrogen (secondary N) is 1. The van der Waals surface area contributed by atoms with Crippen LogP contribution in [0.5, 0.6) is 0 Å². The van der Waals surface area contributed by atoms with E-state index < -0.39 is 12.0 Å². The molecule has 0 aliphatic heterocycles. The molecule has 0 heterocycles. The third-order valence-corrected chi connectivity index (χ3v) is 1.96. The van der Waals surface area contributed by atoms with Crippen LogP contribution in [0.4, 0.5) is 10.5 Å². The minimum atomic E-state index is -1.22. The van der Waals surface area contributed by atoms with Gasteiger partial charge in [0, 0.05) is 7.05 Å². The molecule has 0 radical (unpaired) electrons. The Bertz CT molecular complexity index is 406. The number of benzene rings is 1. The highest BCUT2D eigenvalue weighted by Gasteiger charge is 2.16. The maximum absolute atomic E-state index is 11.7. The molecular formula is C10H12N2O4. The Kier molecular flexibility index (Phi) is 3.84. The van der Waals surface area contributed by atoms with Crippen LogP contribution in [-0.4, -0.2) is 36.3 Å². The summed E-state index contributed by atoms with van der Waals surface area (Å²) in [6.45, 7) is 0. The zero-order valence-electron chi connectivity index (χ0n) is 8.93. The third kappa shape index (κ3) is 2.71. The second-order valence-electron chi connectivity index (χ2n) is 2.96. The lowest BCUT2D eigenvalue weighted by molar-refractivity contribution is -0.0756. The molecule has 16 heavy (non-hydrogen) atoms. The summed E-state index contributed by atoms with van der Waals surface area (Å²) in [5.74, 6) is -0.424. The molecule has 1 aromatic carbocycles. The fourth-order valence-corrected chi connectivity index (χ4v) is 1.15. The first-order valence-corrected chi connectivity index (χ1v) is 4.47. The Hall–Kier alpha value is -2.08. The highest BCUT2D eigenvalue weighted by Crippen LogP contribution is 2.16. The Morgan fingerprint density at radius 1 is 1.38 bits per heavy atom. The first-order chi connectivity index (χ1) is 7.56. The number of rotatable bonds is 3. The molecule has 0 saturated carbocycles. The number of amides is 2. The van der Waals surface area contributed by atoms with Crippen molar-refractivity contribution in [1.82, 2.24) is 5.06 Å². The van der Waals surface area contributed by atoms with Crippen molar-refractivity contribution in [1.29, 1.82) is 0 Å². The van der Waals surface area contributed by atoms with Crippen LogP contribution in [0, 0.1) is 0 Å². The zero-order chi connectivity index (χ0) is 12.1. The van der Waals surface area contributed by atoms with Gasteiger partial charge in [-0.3, -0.25) is 14.9 Å². The predicted molar refractivity (Wildman–Crippen MR) is 57.2 cm³/mol. The molecule has 0 bridgehead atoms. The summed E-state index contributed by atoms with van der Waals surface area (Å²) in [7, 11) is 2.80. The average molecular weight is 224 g/mol. The van der Waals surface area contributed by atoms with Gasteiger partial charge in [-0.25, -0.2) is 9.86 Å². The van der Waals surface area contributed by atoms with E-state index in [1.165, 1.54) is 26.3 Å². The van der Waals surface area contributed by atoms with Gasteiger partial charge >= 0.3 is 6.09 Å². The van der Waals surface area contributed by atoms with E-state index in [1.807, 2.05) is 0 Å². The summed E-state index contributed by atoms with van der Waals surface area (Å²) in [5, 5.41) is 11.8. The van der Waals surface area contributed by atoms with Crippen molar-refractivity contribution in [3.63, 3.8) is 0 Å². The molecule has 2 amide bonds. The predicted octanol–water partition coefficient (Wildman–Crippen LogP) is 1.41. The van der Waals surface area contributed by atoms with E-state index in [4.69, 9.17) is 9.94 Å². The van der Waals surface area contributed by atoms with Gasteiger partial charge in [-0.1, -0.05) is 12.1 Å². The van der Waals surface area contributed by atoms with Crippen LogP contribution >= 0.6 is 0 Å². The van der Waals surface area contributed by atoms with Crippen molar-refractivity contribution in [3.05, 3.63) is 29.8 Å². The van der Waals surface area contributed by atoms with E-state index >= 15 is 0 Å². The first kappa shape index (κ1) is 12.0. The van der Waals surface area contributed by atoms with Crippen molar-refractivity contribution in [2.45, 2.75) is 0 Å². The second kappa shape index (κ2) is 5.13. The van der Waals surface area contributed by atoms with Crippen molar-refractivity contribution < 1.29 is 19.5 Å². The number of nitrogens with zero attached hydrogens (tertiary/aromatic N) is 1. The smallest absolute Gasteiger partial charge is 0.409 e. The molecule has 0 aliphatic carbocycles. The summed E-state index contributed by atoms with van der Waals surface area (Å²) in [4.78, 5) is 27.0. The van der Waals surface area contributed by atoms with Crippen molar-refractivity contribution in [2.24, 2.45) is 0 Å². The van der Waals surface area contributed by atoms with Crippen molar-refractivity contribution >= 4 is 17.7 Å². The van der Waals surface area contributed by atoms with Crippen molar-refractivity contribution in [2.75, 3.05) is 19.5 Å². The quantitative estimate of drug-likeness (QED) is 0.761. The summed E-state index contributed by atoms with van der Waals surface area (Å²) < 4.78 is 0. The molecule has 0 aromatic heterocycles. The molecule has 1 rings (SSSR count). The number of hydrogen-bond donors (Lipinski definition) is 2. The van der Waals surface area contributed by atoms with Crippen LogP contribution in [0.2, 0.25) is 0 Å². The summed E-state index contributed by atoms with van der Waals surface area (Å²) in [6, 6.07) is 6.30. The lowest BCUT2D eigenvalue weighted by atomic mass is 10.1. The van der Waals surface area contributed by atoms with E-state index in [-0.39, 0.29) is 11.3 Å². The van der Waals surface area contributed by atoms with Crippen LogP contribution < -0.4 is 5.32 Å². The lowest BCUT2D eigenvalue weighted by Crippen LogP contribution is -2.26. The highest BCUT2D eigenvalue weighted by molar-refractivity contribution is 6.01. The van der Waals surface area contributed by atoms with E-state index in [9.17, 15) is 9.59 Å². The highest BCUT2D eigenvalue weighted by atomic mass is 16.7. The topological polar surface area (TPSA) is 78.9 Å². The molecule has 1 aromatic rings. The van der Waals surface area contributed by atoms with Gasteiger partial charge in [0.1, 0.15) is 0 Å². The molecule has 0 spiro atoms. The molecule has 2 N–H and O–H groups in total. The number of hydroxylamine groups is 2. The maximum atomic E-state index is 11.7. The summed E-state index contributed by atoms with van der Waals surface area (Å²) in [6.07, 6.45) is -1.22. The molecule has 6 heteroatoms. The number of para-hydroxylation sites is 1. The number of hydrogen-bond acceptors (Lipinski definition) is 3. The minimum Gasteiger partial charge on any atom is -0.465 e. The normalized spacial score (nSPS) is 9.62. The van der Waals surface area contributed by atoms with Crippen LogP contribution in [0.3, 0.4) is 0 Å². The summed E-state index contributed by atoms with van der Waals surface area (Å²) in [5.41, 5.74) is 0.457. The molecule has 0 atom stereocenters. The SMILES string of the molecule is CON(C)C(=O)c1ccccc1NC(=O)O. The van der Waals surface area contributed by atoms with Crippen LogP contribution in [0.25, 0.3) is 0 Å². The Labute approximate surface area is 92.4 Å². The first-order valence-electron chi connectivity index (χ1n) is 4.47. The van der Waals surface area contributed by atoms with Crippen LogP contribution in [0.1, 0.15) is 10.4 Å². The number of carbonyl (C=O) groups is 2. The van der Waals surface area contributed by atoms with Gasteiger partial charge in [0.2, 0.25) is 0 Å². The number of anilines is 1. The largest absolute Gasteiger partial charge is 0.465 e. The van der Waals surface area contributed by atoms with E-state index in [1.54, 1.807) is 12.1 Å². The minimum absolute atomic E-state index is 0.226. The molecule has 0 fully saturated rings. The third-order valence-electron chi connectivity index (χ3n) is 1.96.